The first-order valence-electron chi connectivity index (χ1n) is 10.4. The number of methoxy groups -OCH3 is 1. The van der Waals surface area contributed by atoms with Gasteiger partial charge in [0.05, 0.1) is 7.11 Å². The van der Waals surface area contributed by atoms with Crippen molar-refractivity contribution < 1.29 is 27.1 Å². The molecule has 1 aromatic carbocycles. The molecule has 2 atom stereocenters. The number of alkyl halides is 3. The molecule has 1 saturated carbocycles. The summed E-state index contributed by atoms with van der Waals surface area (Å²) in [6.45, 7) is 0. The van der Waals surface area contributed by atoms with Gasteiger partial charge in [0, 0.05) is 36.4 Å². The Balaban J connectivity index is 1.46. The number of ketones is 1. The van der Waals surface area contributed by atoms with Gasteiger partial charge in [0.15, 0.2) is 11.5 Å². The summed E-state index contributed by atoms with van der Waals surface area (Å²) in [6.07, 6.45) is -0.155. The van der Waals surface area contributed by atoms with Crippen LogP contribution < -0.4 is 10.1 Å². The van der Waals surface area contributed by atoms with Crippen molar-refractivity contribution in [3.05, 3.63) is 59.7 Å². The first-order valence-corrected chi connectivity index (χ1v) is 10.4. The van der Waals surface area contributed by atoms with Gasteiger partial charge in [-0.2, -0.15) is 13.2 Å². The van der Waals surface area contributed by atoms with Crippen molar-refractivity contribution >= 4 is 17.2 Å². The first kappa shape index (κ1) is 22.1. The fourth-order valence-corrected chi connectivity index (χ4v) is 4.28. The number of imidazole rings is 1. The van der Waals surface area contributed by atoms with Crippen molar-refractivity contribution in [2.24, 2.45) is 5.92 Å². The number of nitrogens with zero attached hydrogens (tertiary/aromatic N) is 2. The summed E-state index contributed by atoms with van der Waals surface area (Å²) in [5.41, 5.74) is -0.564. The van der Waals surface area contributed by atoms with Crippen LogP contribution in [0.2, 0.25) is 0 Å². The van der Waals surface area contributed by atoms with Crippen LogP contribution in [0.3, 0.4) is 0 Å². The molecule has 0 bridgehead atoms. The smallest absolute Gasteiger partial charge is 0.434 e. The van der Waals surface area contributed by atoms with Crippen molar-refractivity contribution in [3.63, 3.8) is 0 Å². The molecule has 5 nitrogen and oxygen atoms in total. The summed E-state index contributed by atoms with van der Waals surface area (Å²) in [5.74, 6) is 0.402. The number of hydrogen-bond acceptors (Lipinski definition) is 4. The summed E-state index contributed by atoms with van der Waals surface area (Å²) in [7, 11) is 1.56. The second-order valence-electron chi connectivity index (χ2n) is 8.14. The molecule has 32 heavy (non-hydrogen) atoms. The maximum Gasteiger partial charge on any atom is 0.434 e. The van der Waals surface area contributed by atoms with Crippen LogP contribution in [-0.2, 0) is 6.18 Å². The Labute approximate surface area is 182 Å². The lowest BCUT2D eigenvalue weighted by molar-refractivity contribution is -0.140. The Kier molecular flexibility index (Phi) is 6.08. The number of carbonyl (C=O) groups is 1. The van der Waals surface area contributed by atoms with Crippen LogP contribution in [0.15, 0.2) is 42.6 Å². The zero-order valence-corrected chi connectivity index (χ0v) is 17.5. The lowest BCUT2D eigenvalue weighted by Gasteiger charge is -2.30. The van der Waals surface area contributed by atoms with Crippen LogP contribution in [0.5, 0.6) is 5.75 Å². The molecule has 9 heteroatoms. The van der Waals surface area contributed by atoms with Gasteiger partial charge in [-0.05, 0) is 49.4 Å². The highest BCUT2D eigenvalue weighted by molar-refractivity contribution is 5.96. The van der Waals surface area contributed by atoms with Gasteiger partial charge in [-0.1, -0.05) is 6.42 Å². The number of rotatable bonds is 6. The molecule has 0 unspecified atom stereocenters. The number of aromatic nitrogens is 2. The maximum atomic E-state index is 14.0. The van der Waals surface area contributed by atoms with E-state index >= 15 is 0 Å². The number of nitrogens with one attached hydrogen (secondary N) is 1. The first-order chi connectivity index (χ1) is 15.2. The molecular weight excluding hydrogens is 426 g/mol. The maximum absolute atomic E-state index is 14.0. The van der Waals surface area contributed by atoms with Gasteiger partial charge in [0.1, 0.15) is 23.0 Å². The number of carbonyl (C=O) groups excluding carboxylic acids is 1. The molecule has 0 spiro atoms. The van der Waals surface area contributed by atoms with E-state index in [0.29, 0.717) is 24.2 Å². The minimum absolute atomic E-state index is 0.0378. The average Bonchev–Trinajstić information content (AvgIpc) is 3.19. The Morgan fingerprint density at radius 2 is 1.97 bits per heavy atom. The summed E-state index contributed by atoms with van der Waals surface area (Å²) in [6, 6.07) is 9.01. The molecular formula is C23H23F4N3O2. The molecule has 2 aromatic heterocycles. The lowest BCUT2D eigenvalue weighted by atomic mass is 9.82. The van der Waals surface area contributed by atoms with Gasteiger partial charge in [-0.15, -0.1) is 0 Å². The summed E-state index contributed by atoms with van der Waals surface area (Å²) >= 11 is 0. The van der Waals surface area contributed by atoms with Crippen molar-refractivity contribution in [2.75, 3.05) is 12.4 Å². The molecule has 0 amide bonds. The van der Waals surface area contributed by atoms with Gasteiger partial charge in [-0.3, -0.25) is 9.20 Å². The summed E-state index contributed by atoms with van der Waals surface area (Å²) in [5, 5.41) is 3.18. The topological polar surface area (TPSA) is 55.6 Å². The van der Waals surface area contributed by atoms with Gasteiger partial charge in [0.25, 0.3) is 0 Å². The third-order valence-electron chi connectivity index (χ3n) is 5.85. The average molecular weight is 449 g/mol. The van der Waals surface area contributed by atoms with Gasteiger partial charge in [-0.25, -0.2) is 9.37 Å². The predicted octanol–water partition coefficient (Wildman–Crippen LogP) is 5.74. The van der Waals surface area contributed by atoms with Crippen LogP contribution in [0.1, 0.15) is 48.2 Å². The summed E-state index contributed by atoms with van der Waals surface area (Å²) in [4.78, 5) is 16.2. The normalized spacial score (nSPS) is 19.2. The summed E-state index contributed by atoms with van der Waals surface area (Å²) < 4.78 is 59.5. The van der Waals surface area contributed by atoms with Gasteiger partial charge >= 0.3 is 6.18 Å². The molecule has 3 aromatic rings. The number of benzene rings is 1. The van der Waals surface area contributed by atoms with E-state index in [9.17, 15) is 22.4 Å². The lowest BCUT2D eigenvalue weighted by Crippen LogP contribution is -2.29. The highest BCUT2D eigenvalue weighted by Crippen LogP contribution is 2.32. The quantitative estimate of drug-likeness (QED) is 0.385. The van der Waals surface area contributed by atoms with E-state index < -0.39 is 17.7 Å². The Hall–Kier alpha value is -3.10. The molecule has 4 rings (SSSR count). The minimum atomic E-state index is -4.61. The van der Waals surface area contributed by atoms with Crippen molar-refractivity contribution in [3.8, 4) is 5.75 Å². The third-order valence-corrected chi connectivity index (χ3v) is 5.85. The van der Waals surface area contributed by atoms with Crippen LogP contribution in [0, 0.1) is 11.7 Å². The zero-order chi connectivity index (χ0) is 22.9. The molecule has 1 fully saturated rings. The van der Waals surface area contributed by atoms with Crippen LogP contribution in [0.4, 0.5) is 23.4 Å². The molecule has 1 N–H and O–H groups in total. The largest absolute Gasteiger partial charge is 0.497 e. The second kappa shape index (κ2) is 8.80. The molecule has 0 aliphatic heterocycles. The molecule has 170 valence electrons. The molecule has 0 saturated heterocycles. The Bertz CT molecular complexity index is 1110. The van der Waals surface area contributed by atoms with E-state index in [-0.39, 0.29) is 29.2 Å². The molecule has 1 aliphatic carbocycles. The number of Topliss-reactive ketones (excluding diaryl/α,β-unsaturated/α-hetero) is 1. The van der Waals surface area contributed by atoms with Crippen LogP contribution in [-0.4, -0.2) is 28.3 Å². The highest BCUT2D eigenvalue weighted by Gasteiger charge is 2.34. The predicted molar refractivity (Wildman–Crippen MR) is 111 cm³/mol. The van der Waals surface area contributed by atoms with E-state index in [0.717, 1.165) is 31.5 Å². The minimum Gasteiger partial charge on any atom is -0.497 e. The van der Waals surface area contributed by atoms with Crippen LogP contribution in [0.25, 0.3) is 5.65 Å². The van der Waals surface area contributed by atoms with Gasteiger partial charge in [0.2, 0.25) is 0 Å². The number of hydrogen-bond donors (Lipinski definition) is 1. The number of fused-ring (bicyclic) bond motifs is 1. The Morgan fingerprint density at radius 1 is 1.22 bits per heavy atom. The van der Waals surface area contributed by atoms with E-state index in [1.54, 1.807) is 31.4 Å². The molecule has 0 radical (unpaired) electrons. The monoisotopic (exact) mass is 449 g/mol. The molecule has 2 heterocycles. The number of pyridine rings is 1. The van der Waals surface area contributed by atoms with E-state index in [1.807, 2.05) is 0 Å². The van der Waals surface area contributed by atoms with Crippen molar-refractivity contribution in [1.29, 1.82) is 0 Å². The molecule has 1 aliphatic rings. The fraction of sp³-hybridized carbons (Fsp3) is 0.391. The van der Waals surface area contributed by atoms with E-state index in [4.69, 9.17) is 4.74 Å². The number of halogens is 4. The van der Waals surface area contributed by atoms with Gasteiger partial charge < -0.3 is 10.1 Å². The zero-order valence-electron chi connectivity index (χ0n) is 17.5. The fourth-order valence-electron chi connectivity index (χ4n) is 4.28. The standard InChI is InChI=1S/C23H23F4N3O2/c1-32-18-7-5-15(6-8-18)19(31)10-14-3-2-4-17(9-14)28-21-11-16(24)12-22-29-20(13-30(21)22)23(25,26)27/h5-8,11-14,17,28H,2-4,9-10H2,1H3/t14-,17+/m1/s1. The highest BCUT2D eigenvalue weighted by atomic mass is 19.4. The van der Waals surface area contributed by atoms with Crippen molar-refractivity contribution in [2.45, 2.75) is 44.3 Å². The second-order valence-corrected chi connectivity index (χ2v) is 8.14. The SMILES string of the molecule is COc1ccc(C(=O)C[C@@H]2CCC[C@H](Nc3cc(F)cc4nc(C(F)(F)F)cn34)C2)cc1. The van der Waals surface area contributed by atoms with E-state index in [2.05, 4.69) is 10.3 Å². The third kappa shape index (κ3) is 4.87. The number of anilines is 1. The van der Waals surface area contributed by atoms with Crippen molar-refractivity contribution in [1.82, 2.24) is 9.38 Å². The van der Waals surface area contributed by atoms with E-state index in [1.165, 1.54) is 10.5 Å². The Morgan fingerprint density at radius 3 is 2.66 bits per heavy atom. The van der Waals surface area contributed by atoms with Crippen LogP contribution >= 0.6 is 0 Å². The number of ether oxygens (including phenoxy) is 1.